The van der Waals surface area contributed by atoms with Gasteiger partial charge in [0.05, 0.1) is 6.10 Å². The fraction of sp³-hybridized carbons (Fsp3) is 0.389. The van der Waals surface area contributed by atoms with Crippen LogP contribution in [0.4, 0.5) is 0 Å². The Kier molecular flexibility index (Phi) is 8.45. The SMILES string of the molecule is C/C=C/C#CC#C/C=C/C=C/[C@H]1CCC[C@H](OC(C)=O)O1. The standard InChI is InChI=1S/C18H20O3/c1-3-4-5-6-7-8-9-10-11-13-17-14-12-15-18(21-17)20-16(2)19/h3-4,9-11,13,17-18H,12,14-15H2,1-2H3/b4-3+,10-9+,13-11+/t17-,18+/m0/s1. The molecule has 110 valence electrons. The molecule has 1 heterocycles. The van der Waals surface area contributed by atoms with E-state index in [1.54, 1.807) is 12.2 Å². The third-order valence-electron chi connectivity index (χ3n) is 2.63. The predicted molar refractivity (Wildman–Crippen MR) is 82.9 cm³/mol. The Morgan fingerprint density at radius 1 is 1.19 bits per heavy atom. The third-order valence-corrected chi connectivity index (χ3v) is 2.63. The highest BCUT2D eigenvalue weighted by atomic mass is 16.7. The van der Waals surface area contributed by atoms with Gasteiger partial charge in [0.2, 0.25) is 6.29 Å². The highest BCUT2D eigenvalue weighted by molar-refractivity contribution is 5.66. The first-order chi connectivity index (χ1) is 10.2. The summed E-state index contributed by atoms with van der Waals surface area (Å²) in [5.41, 5.74) is 0. The lowest BCUT2D eigenvalue weighted by atomic mass is 10.1. The third kappa shape index (κ3) is 8.52. The van der Waals surface area contributed by atoms with Crippen LogP contribution in [0.5, 0.6) is 0 Å². The van der Waals surface area contributed by atoms with Crippen LogP contribution in [-0.4, -0.2) is 18.4 Å². The van der Waals surface area contributed by atoms with E-state index < -0.39 is 6.29 Å². The van der Waals surface area contributed by atoms with E-state index in [-0.39, 0.29) is 12.1 Å². The van der Waals surface area contributed by atoms with Crippen LogP contribution < -0.4 is 0 Å². The Balaban J connectivity index is 2.35. The molecule has 0 unspecified atom stereocenters. The summed E-state index contributed by atoms with van der Waals surface area (Å²) in [6.45, 7) is 3.30. The van der Waals surface area contributed by atoms with Crippen molar-refractivity contribution in [3.05, 3.63) is 36.5 Å². The molecule has 0 aromatic carbocycles. The maximum Gasteiger partial charge on any atom is 0.304 e. The first-order valence-electron chi connectivity index (χ1n) is 7.00. The van der Waals surface area contributed by atoms with Crippen molar-refractivity contribution in [2.45, 2.75) is 45.5 Å². The fourth-order valence-electron chi connectivity index (χ4n) is 1.76. The van der Waals surface area contributed by atoms with Crippen LogP contribution in [-0.2, 0) is 14.3 Å². The lowest BCUT2D eigenvalue weighted by Crippen LogP contribution is -2.29. The van der Waals surface area contributed by atoms with Gasteiger partial charge in [-0.3, -0.25) is 4.79 Å². The second kappa shape index (κ2) is 10.5. The molecule has 1 saturated heterocycles. The Morgan fingerprint density at radius 2 is 1.95 bits per heavy atom. The Hall–Kier alpha value is -2.23. The number of carbonyl (C=O) groups excluding carboxylic acids is 1. The number of ether oxygens (including phenoxy) is 2. The van der Waals surface area contributed by atoms with Gasteiger partial charge in [0.1, 0.15) is 0 Å². The van der Waals surface area contributed by atoms with E-state index >= 15 is 0 Å². The van der Waals surface area contributed by atoms with Gasteiger partial charge in [-0.2, -0.15) is 0 Å². The van der Waals surface area contributed by atoms with E-state index in [4.69, 9.17) is 9.47 Å². The van der Waals surface area contributed by atoms with E-state index in [1.807, 2.05) is 31.2 Å². The molecule has 2 atom stereocenters. The largest absolute Gasteiger partial charge is 0.436 e. The molecule has 0 aromatic heterocycles. The topological polar surface area (TPSA) is 35.5 Å². The van der Waals surface area contributed by atoms with Crippen LogP contribution in [0, 0.1) is 23.7 Å². The quantitative estimate of drug-likeness (QED) is 0.454. The van der Waals surface area contributed by atoms with E-state index in [0.29, 0.717) is 0 Å². The fourth-order valence-corrected chi connectivity index (χ4v) is 1.76. The highest BCUT2D eigenvalue weighted by Crippen LogP contribution is 2.20. The lowest BCUT2D eigenvalue weighted by molar-refractivity contribution is -0.193. The van der Waals surface area contributed by atoms with Crippen molar-refractivity contribution in [3.8, 4) is 23.7 Å². The monoisotopic (exact) mass is 284 g/mol. The van der Waals surface area contributed by atoms with Crippen LogP contribution >= 0.6 is 0 Å². The minimum atomic E-state index is -0.420. The first-order valence-corrected chi connectivity index (χ1v) is 7.00. The first kappa shape index (κ1) is 16.8. The summed E-state index contributed by atoms with van der Waals surface area (Å²) >= 11 is 0. The summed E-state index contributed by atoms with van der Waals surface area (Å²) in [7, 11) is 0. The summed E-state index contributed by atoms with van der Waals surface area (Å²) in [6, 6.07) is 0. The number of hydrogen-bond acceptors (Lipinski definition) is 3. The Labute approximate surface area is 126 Å². The summed E-state index contributed by atoms with van der Waals surface area (Å²) in [6.07, 6.45) is 13.2. The van der Waals surface area contributed by atoms with E-state index in [0.717, 1.165) is 19.3 Å². The second-order valence-corrected chi connectivity index (χ2v) is 4.43. The van der Waals surface area contributed by atoms with Crippen LogP contribution in [0.25, 0.3) is 0 Å². The summed E-state index contributed by atoms with van der Waals surface area (Å²) in [5, 5.41) is 0. The van der Waals surface area contributed by atoms with Gasteiger partial charge in [0.15, 0.2) is 0 Å². The summed E-state index contributed by atoms with van der Waals surface area (Å²) < 4.78 is 10.7. The van der Waals surface area contributed by atoms with Crippen molar-refractivity contribution < 1.29 is 14.3 Å². The van der Waals surface area contributed by atoms with Gasteiger partial charge in [-0.15, -0.1) is 0 Å². The molecule has 1 aliphatic heterocycles. The maximum atomic E-state index is 10.9. The molecular formula is C18H20O3. The molecule has 3 nitrogen and oxygen atoms in total. The molecule has 21 heavy (non-hydrogen) atoms. The minimum absolute atomic E-state index is 0.0183. The molecule has 1 aliphatic rings. The average Bonchev–Trinajstić information content (AvgIpc) is 2.45. The van der Waals surface area contributed by atoms with Gasteiger partial charge < -0.3 is 9.47 Å². The van der Waals surface area contributed by atoms with Crippen LogP contribution in [0.1, 0.15) is 33.1 Å². The van der Waals surface area contributed by atoms with Crippen LogP contribution in [0.3, 0.4) is 0 Å². The zero-order valence-electron chi connectivity index (χ0n) is 12.5. The number of hydrogen-bond donors (Lipinski definition) is 0. The molecule has 0 spiro atoms. The van der Waals surface area contributed by atoms with Crippen LogP contribution in [0.15, 0.2) is 36.5 Å². The zero-order valence-corrected chi connectivity index (χ0v) is 12.5. The number of allylic oxidation sites excluding steroid dienone is 5. The predicted octanol–water partition coefficient (Wildman–Crippen LogP) is 3.14. The second-order valence-electron chi connectivity index (χ2n) is 4.43. The molecule has 0 N–H and O–H groups in total. The van der Waals surface area contributed by atoms with Crippen molar-refractivity contribution in [1.29, 1.82) is 0 Å². The van der Waals surface area contributed by atoms with Gasteiger partial charge in [0.25, 0.3) is 0 Å². The molecule has 0 amide bonds. The van der Waals surface area contributed by atoms with Crippen molar-refractivity contribution >= 4 is 5.97 Å². The molecule has 0 radical (unpaired) electrons. The van der Waals surface area contributed by atoms with Crippen molar-refractivity contribution in [2.24, 2.45) is 0 Å². The molecule has 0 saturated carbocycles. The zero-order chi connectivity index (χ0) is 15.3. The molecule has 0 aliphatic carbocycles. The van der Waals surface area contributed by atoms with Gasteiger partial charge in [-0.1, -0.05) is 36.1 Å². The van der Waals surface area contributed by atoms with Crippen molar-refractivity contribution in [2.75, 3.05) is 0 Å². The van der Waals surface area contributed by atoms with Gasteiger partial charge >= 0.3 is 5.97 Å². The molecule has 0 aromatic rings. The molecule has 1 fully saturated rings. The molecular weight excluding hydrogens is 264 g/mol. The number of carbonyl (C=O) groups is 1. The average molecular weight is 284 g/mol. The number of rotatable bonds is 3. The van der Waals surface area contributed by atoms with Gasteiger partial charge in [-0.25, -0.2) is 0 Å². The van der Waals surface area contributed by atoms with Gasteiger partial charge in [0, 0.05) is 13.3 Å². The van der Waals surface area contributed by atoms with E-state index in [9.17, 15) is 4.79 Å². The minimum Gasteiger partial charge on any atom is -0.436 e. The summed E-state index contributed by atoms with van der Waals surface area (Å²) in [4.78, 5) is 10.9. The van der Waals surface area contributed by atoms with Crippen molar-refractivity contribution in [1.82, 2.24) is 0 Å². The van der Waals surface area contributed by atoms with Crippen molar-refractivity contribution in [3.63, 3.8) is 0 Å². The normalized spacial score (nSPS) is 21.8. The summed E-state index contributed by atoms with van der Waals surface area (Å²) in [5.74, 6) is 10.7. The van der Waals surface area contributed by atoms with Gasteiger partial charge in [-0.05, 0) is 43.8 Å². The highest BCUT2D eigenvalue weighted by Gasteiger charge is 2.22. The number of esters is 1. The van der Waals surface area contributed by atoms with E-state index in [2.05, 4.69) is 23.7 Å². The lowest BCUT2D eigenvalue weighted by Gasteiger charge is -2.27. The smallest absolute Gasteiger partial charge is 0.304 e. The Bertz CT molecular complexity index is 532. The molecule has 3 heteroatoms. The molecule has 1 rings (SSSR count). The maximum absolute atomic E-state index is 10.9. The molecule has 0 bridgehead atoms. The van der Waals surface area contributed by atoms with E-state index in [1.165, 1.54) is 6.92 Å². The van der Waals surface area contributed by atoms with Crippen LogP contribution in [0.2, 0.25) is 0 Å². The Morgan fingerprint density at radius 3 is 2.67 bits per heavy atom.